The van der Waals surface area contributed by atoms with Crippen LogP contribution in [0.5, 0.6) is 0 Å². The Balaban J connectivity index is 1.52. The molecular weight excluding hydrogens is 435 g/mol. The first-order valence-electron chi connectivity index (χ1n) is 10.7. The summed E-state index contributed by atoms with van der Waals surface area (Å²) >= 11 is 0. The summed E-state index contributed by atoms with van der Waals surface area (Å²) in [7, 11) is 0. The first-order valence-corrected chi connectivity index (χ1v) is 10.7. The monoisotopic (exact) mass is 459 g/mol. The number of rotatable bonds is 4. The zero-order valence-corrected chi connectivity index (χ0v) is 18.2. The minimum absolute atomic E-state index is 0.0242. The Morgan fingerprint density at radius 3 is 2.67 bits per heavy atom. The Kier molecular flexibility index (Phi) is 6.09. The molecule has 0 unspecified atom stereocenters. The molecule has 0 aliphatic heterocycles. The quantitative estimate of drug-likeness (QED) is 0.454. The predicted molar refractivity (Wildman–Crippen MR) is 117 cm³/mol. The van der Waals surface area contributed by atoms with Crippen LogP contribution in [-0.4, -0.2) is 28.0 Å². The van der Waals surface area contributed by atoms with Crippen LogP contribution in [-0.2, 0) is 6.18 Å². The molecule has 1 saturated carbocycles. The molecule has 1 fully saturated rings. The third-order valence-corrected chi connectivity index (χ3v) is 5.83. The molecule has 3 aromatic rings. The van der Waals surface area contributed by atoms with Gasteiger partial charge in [0.2, 0.25) is 11.9 Å². The summed E-state index contributed by atoms with van der Waals surface area (Å²) in [4.78, 5) is 20.3. The molecule has 0 saturated heterocycles. The van der Waals surface area contributed by atoms with Gasteiger partial charge < -0.3 is 15.8 Å². The fourth-order valence-corrected chi connectivity index (χ4v) is 4.12. The van der Waals surface area contributed by atoms with Crippen LogP contribution in [0.25, 0.3) is 10.9 Å². The number of hydrogen-bond donors (Lipinski definition) is 2. The van der Waals surface area contributed by atoms with Gasteiger partial charge in [-0.15, -0.1) is 0 Å². The van der Waals surface area contributed by atoms with Gasteiger partial charge >= 0.3 is 6.18 Å². The van der Waals surface area contributed by atoms with E-state index in [2.05, 4.69) is 20.6 Å². The Bertz CT molecular complexity index is 1200. The molecule has 0 bridgehead atoms. The van der Waals surface area contributed by atoms with Crippen LogP contribution in [0.15, 0.2) is 36.7 Å². The number of carbonyl (C=O) groups excluding carboxylic acids is 1. The normalized spacial score (nSPS) is 18.8. The maximum Gasteiger partial charge on any atom is 0.433 e. The molecule has 1 aliphatic carbocycles. The average Bonchev–Trinajstić information content (AvgIpc) is 2.75. The van der Waals surface area contributed by atoms with E-state index in [1.807, 2.05) is 13.0 Å². The number of fused-ring (bicyclic) bond motifs is 1. The summed E-state index contributed by atoms with van der Waals surface area (Å²) in [6.07, 6.45) is 0.725. The van der Waals surface area contributed by atoms with Gasteiger partial charge in [0.1, 0.15) is 5.69 Å². The van der Waals surface area contributed by atoms with E-state index in [0.29, 0.717) is 27.9 Å². The van der Waals surface area contributed by atoms with E-state index in [1.54, 1.807) is 19.1 Å². The van der Waals surface area contributed by atoms with Gasteiger partial charge in [0.25, 0.3) is 5.91 Å². The Hall–Kier alpha value is -3.43. The van der Waals surface area contributed by atoms with Crippen LogP contribution in [0.4, 0.5) is 18.9 Å². The number of pyridine rings is 1. The highest BCUT2D eigenvalue weighted by Gasteiger charge is 2.34. The Labute approximate surface area is 188 Å². The summed E-state index contributed by atoms with van der Waals surface area (Å²) in [6, 6.07) is 5.86. The van der Waals surface area contributed by atoms with Crippen LogP contribution in [0.3, 0.4) is 0 Å². The van der Waals surface area contributed by atoms with Crippen molar-refractivity contribution < 1.29 is 22.7 Å². The van der Waals surface area contributed by atoms with Crippen LogP contribution in [0.2, 0.25) is 0 Å². The van der Waals surface area contributed by atoms with Gasteiger partial charge in [0.05, 0.1) is 11.7 Å². The Morgan fingerprint density at radius 1 is 1.18 bits per heavy atom. The van der Waals surface area contributed by atoms with Crippen molar-refractivity contribution in [2.45, 2.75) is 57.8 Å². The number of anilines is 1. The lowest BCUT2D eigenvalue weighted by Crippen LogP contribution is -2.43. The van der Waals surface area contributed by atoms with Gasteiger partial charge in [-0.25, -0.2) is 9.97 Å². The number of halogens is 3. The minimum Gasteiger partial charge on any atom is -0.618 e. The standard InChI is InChI=1S/C23H24F3N5O2/c1-13-6-7-18-17(8-13)19(10-21(30-18)23(24,25)26)28-15-4-3-5-16(9-15)29-22(32)20-12-31(33)14(2)11-27-20/h6-8,10-12,15-16H,3-5,9H2,1-2H3,(H,28,30)(H,29,32)/t15-,16+/m0/s1. The molecule has 4 rings (SSSR count). The summed E-state index contributed by atoms with van der Waals surface area (Å²) in [5.41, 5.74) is 1.03. The summed E-state index contributed by atoms with van der Waals surface area (Å²) in [5, 5.41) is 18.5. The largest absolute Gasteiger partial charge is 0.618 e. The summed E-state index contributed by atoms with van der Waals surface area (Å²) in [6.45, 7) is 3.46. The van der Waals surface area contributed by atoms with Crippen LogP contribution >= 0.6 is 0 Å². The number of carbonyl (C=O) groups is 1. The van der Waals surface area contributed by atoms with Crippen molar-refractivity contribution in [2.24, 2.45) is 0 Å². The van der Waals surface area contributed by atoms with E-state index < -0.39 is 17.8 Å². The highest BCUT2D eigenvalue weighted by molar-refractivity contribution is 5.93. The molecular formula is C23H24F3N5O2. The molecule has 2 aromatic heterocycles. The maximum atomic E-state index is 13.4. The second kappa shape index (κ2) is 8.84. The van der Waals surface area contributed by atoms with Gasteiger partial charge in [-0.3, -0.25) is 4.79 Å². The van der Waals surface area contributed by atoms with Crippen molar-refractivity contribution in [1.29, 1.82) is 0 Å². The summed E-state index contributed by atoms with van der Waals surface area (Å²) < 4.78 is 40.8. The predicted octanol–water partition coefficient (Wildman–Crippen LogP) is 4.05. The van der Waals surface area contributed by atoms with Crippen molar-refractivity contribution >= 4 is 22.5 Å². The van der Waals surface area contributed by atoms with Gasteiger partial charge in [-0.2, -0.15) is 17.9 Å². The third kappa shape index (κ3) is 5.15. The molecule has 1 aromatic carbocycles. The molecule has 33 heavy (non-hydrogen) atoms. The molecule has 174 valence electrons. The number of aromatic nitrogens is 3. The number of amides is 1. The zero-order valence-electron chi connectivity index (χ0n) is 18.2. The fraction of sp³-hybridized carbons (Fsp3) is 0.391. The molecule has 2 heterocycles. The number of hydrogen-bond acceptors (Lipinski definition) is 5. The second-order valence-corrected chi connectivity index (χ2v) is 8.49. The smallest absolute Gasteiger partial charge is 0.433 e. The van der Waals surface area contributed by atoms with E-state index in [4.69, 9.17) is 0 Å². The van der Waals surface area contributed by atoms with Gasteiger partial charge in [0, 0.05) is 30.1 Å². The first-order chi connectivity index (χ1) is 15.6. The van der Waals surface area contributed by atoms with Gasteiger partial charge in [-0.05, 0) is 50.8 Å². The molecule has 0 spiro atoms. The number of benzene rings is 1. The van der Waals surface area contributed by atoms with E-state index in [1.165, 1.54) is 6.20 Å². The molecule has 10 heteroatoms. The van der Waals surface area contributed by atoms with Gasteiger partial charge in [0.15, 0.2) is 5.69 Å². The molecule has 7 nitrogen and oxygen atoms in total. The number of aryl methyl sites for hydroxylation is 2. The van der Waals surface area contributed by atoms with E-state index in [-0.39, 0.29) is 23.3 Å². The SMILES string of the molecule is Cc1ccc2nc(C(F)(F)F)cc(N[C@H]3CCC[C@@H](NC(=O)c4c[n+]([O-])c(C)cn4)C3)c2c1. The molecule has 1 amide bonds. The lowest BCUT2D eigenvalue weighted by Gasteiger charge is -2.31. The highest BCUT2D eigenvalue weighted by atomic mass is 19.4. The number of nitrogens with one attached hydrogen (secondary N) is 2. The van der Waals surface area contributed by atoms with E-state index in [9.17, 15) is 23.2 Å². The van der Waals surface area contributed by atoms with E-state index in [0.717, 1.165) is 37.1 Å². The van der Waals surface area contributed by atoms with Crippen molar-refractivity contribution in [3.05, 3.63) is 64.5 Å². The first kappa shape index (κ1) is 22.8. The lowest BCUT2D eigenvalue weighted by molar-refractivity contribution is -0.613. The fourth-order valence-electron chi connectivity index (χ4n) is 4.12. The van der Waals surface area contributed by atoms with E-state index >= 15 is 0 Å². The lowest BCUT2D eigenvalue weighted by atomic mass is 9.90. The highest BCUT2D eigenvalue weighted by Crippen LogP contribution is 2.34. The number of nitrogens with zero attached hydrogens (tertiary/aromatic N) is 3. The minimum atomic E-state index is -4.56. The molecule has 1 aliphatic rings. The van der Waals surface area contributed by atoms with Crippen LogP contribution < -0.4 is 15.4 Å². The van der Waals surface area contributed by atoms with Crippen molar-refractivity contribution in [1.82, 2.24) is 15.3 Å². The second-order valence-electron chi connectivity index (χ2n) is 8.49. The Morgan fingerprint density at radius 2 is 1.94 bits per heavy atom. The summed E-state index contributed by atoms with van der Waals surface area (Å²) in [5.74, 6) is -0.449. The average molecular weight is 459 g/mol. The topological polar surface area (TPSA) is 93.9 Å². The number of alkyl halides is 3. The van der Waals surface area contributed by atoms with Crippen molar-refractivity contribution in [2.75, 3.05) is 5.32 Å². The van der Waals surface area contributed by atoms with Gasteiger partial charge in [-0.1, -0.05) is 11.6 Å². The van der Waals surface area contributed by atoms with Crippen LogP contribution in [0.1, 0.15) is 53.1 Å². The maximum absolute atomic E-state index is 13.4. The third-order valence-electron chi connectivity index (χ3n) is 5.83. The molecule has 2 N–H and O–H groups in total. The van der Waals surface area contributed by atoms with Crippen LogP contribution in [0, 0.1) is 19.1 Å². The van der Waals surface area contributed by atoms with Crippen molar-refractivity contribution in [3.8, 4) is 0 Å². The van der Waals surface area contributed by atoms with Crippen molar-refractivity contribution in [3.63, 3.8) is 0 Å². The zero-order chi connectivity index (χ0) is 23.8. The molecule has 2 atom stereocenters. The molecule has 0 radical (unpaired) electrons.